The molecule has 7 heteroatoms. The molecule has 26 heavy (non-hydrogen) atoms. The van der Waals surface area contributed by atoms with Gasteiger partial charge in [-0.2, -0.15) is 0 Å². The number of fused-ring (bicyclic) bond motifs is 1. The van der Waals surface area contributed by atoms with Crippen LogP contribution in [0.3, 0.4) is 0 Å². The number of carboxylic acids is 1. The van der Waals surface area contributed by atoms with Crippen LogP contribution in [0, 0.1) is 5.82 Å². The topological polar surface area (TPSA) is 72.8 Å². The Kier molecular flexibility index (Phi) is 5.29. The Morgan fingerprint density at radius 3 is 2.50 bits per heavy atom. The van der Waals surface area contributed by atoms with E-state index in [0.29, 0.717) is 10.9 Å². The van der Waals surface area contributed by atoms with E-state index in [1.165, 1.54) is 42.7 Å². The SMILES string of the molecule is COCC(Oc1c(C(=O)c2ccc(F)cc2)sc2ccccc12)C(=O)O. The summed E-state index contributed by atoms with van der Waals surface area (Å²) in [4.78, 5) is 24.6. The summed E-state index contributed by atoms with van der Waals surface area (Å²) >= 11 is 1.20. The molecule has 134 valence electrons. The van der Waals surface area contributed by atoms with E-state index < -0.39 is 17.9 Å². The zero-order valence-electron chi connectivity index (χ0n) is 13.8. The molecule has 1 N–H and O–H groups in total. The van der Waals surface area contributed by atoms with Gasteiger partial charge in [0.05, 0.1) is 6.61 Å². The lowest BCUT2D eigenvalue weighted by molar-refractivity contribution is -0.147. The molecule has 3 rings (SSSR count). The van der Waals surface area contributed by atoms with E-state index in [9.17, 15) is 19.1 Å². The van der Waals surface area contributed by atoms with E-state index in [4.69, 9.17) is 9.47 Å². The third kappa shape index (κ3) is 3.58. The quantitative estimate of drug-likeness (QED) is 0.638. The molecule has 0 saturated carbocycles. The van der Waals surface area contributed by atoms with Crippen molar-refractivity contribution in [3.05, 3.63) is 64.8 Å². The normalized spacial score (nSPS) is 12.1. The second-order valence-electron chi connectivity index (χ2n) is 5.49. The first-order valence-electron chi connectivity index (χ1n) is 7.71. The van der Waals surface area contributed by atoms with Crippen LogP contribution >= 0.6 is 11.3 Å². The van der Waals surface area contributed by atoms with Crippen LogP contribution in [0.15, 0.2) is 48.5 Å². The summed E-state index contributed by atoms with van der Waals surface area (Å²) in [6, 6.07) is 12.3. The maximum absolute atomic E-state index is 13.1. The number of carbonyl (C=O) groups is 2. The van der Waals surface area contributed by atoms with Gasteiger partial charge in [-0.1, -0.05) is 12.1 Å². The molecule has 2 aromatic carbocycles. The zero-order valence-corrected chi connectivity index (χ0v) is 14.6. The van der Waals surface area contributed by atoms with Crippen LogP contribution in [-0.4, -0.2) is 36.7 Å². The molecule has 3 aromatic rings. The molecule has 0 bridgehead atoms. The zero-order chi connectivity index (χ0) is 18.7. The number of rotatable bonds is 7. The summed E-state index contributed by atoms with van der Waals surface area (Å²) in [7, 11) is 1.37. The van der Waals surface area contributed by atoms with Crippen molar-refractivity contribution in [2.45, 2.75) is 6.10 Å². The number of ether oxygens (including phenoxy) is 2. The molecule has 1 heterocycles. The van der Waals surface area contributed by atoms with Crippen molar-refractivity contribution in [1.82, 2.24) is 0 Å². The van der Waals surface area contributed by atoms with E-state index in [-0.39, 0.29) is 23.0 Å². The van der Waals surface area contributed by atoms with Crippen molar-refractivity contribution in [1.29, 1.82) is 0 Å². The molecule has 0 aliphatic rings. The smallest absolute Gasteiger partial charge is 0.347 e. The van der Waals surface area contributed by atoms with Gasteiger partial charge in [-0.3, -0.25) is 4.79 Å². The minimum absolute atomic E-state index is 0.163. The Labute approximate surface area is 152 Å². The highest BCUT2D eigenvalue weighted by molar-refractivity contribution is 7.21. The maximum Gasteiger partial charge on any atom is 0.347 e. The summed E-state index contributed by atoms with van der Waals surface area (Å²) in [5.41, 5.74) is 0.293. The van der Waals surface area contributed by atoms with E-state index >= 15 is 0 Å². The van der Waals surface area contributed by atoms with E-state index in [1.807, 2.05) is 12.1 Å². The van der Waals surface area contributed by atoms with Crippen molar-refractivity contribution >= 4 is 33.2 Å². The number of thiophene rings is 1. The molecule has 0 radical (unpaired) electrons. The molecule has 0 spiro atoms. The second kappa shape index (κ2) is 7.63. The van der Waals surface area contributed by atoms with Gasteiger partial charge in [-0.25, -0.2) is 9.18 Å². The van der Waals surface area contributed by atoms with E-state index in [1.54, 1.807) is 12.1 Å². The van der Waals surface area contributed by atoms with Gasteiger partial charge in [-0.15, -0.1) is 11.3 Å². The summed E-state index contributed by atoms with van der Waals surface area (Å²) in [5, 5.41) is 9.97. The number of aliphatic carboxylic acids is 1. The van der Waals surface area contributed by atoms with E-state index in [2.05, 4.69) is 0 Å². The third-order valence-corrected chi connectivity index (χ3v) is 4.87. The van der Waals surface area contributed by atoms with Crippen LogP contribution in [0.2, 0.25) is 0 Å². The fourth-order valence-electron chi connectivity index (χ4n) is 2.47. The highest BCUT2D eigenvalue weighted by Crippen LogP contribution is 2.39. The minimum atomic E-state index is -1.25. The van der Waals surface area contributed by atoms with Crippen molar-refractivity contribution in [3.63, 3.8) is 0 Å². The molecule has 1 aromatic heterocycles. The number of carboxylic acid groups (broad SMARTS) is 1. The monoisotopic (exact) mass is 374 g/mol. The highest BCUT2D eigenvalue weighted by atomic mass is 32.1. The molecular formula is C19H15FO5S. The van der Waals surface area contributed by atoms with Gasteiger partial charge >= 0.3 is 5.97 Å². The number of ketones is 1. The van der Waals surface area contributed by atoms with Crippen LogP contribution in [0.1, 0.15) is 15.2 Å². The Balaban J connectivity index is 2.08. The average molecular weight is 374 g/mol. The van der Waals surface area contributed by atoms with Crippen LogP contribution in [0.4, 0.5) is 4.39 Å². The molecule has 5 nitrogen and oxygen atoms in total. The number of hydrogen-bond donors (Lipinski definition) is 1. The van der Waals surface area contributed by atoms with Gasteiger partial charge < -0.3 is 14.6 Å². The molecule has 0 aliphatic heterocycles. The number of hydrogen-bond acceptors (Lipinski definition) is 5. The highest BCUT2D eigenvalue weighted by Gasteiger charge is 2.26. The Hall–Kier alpha value is -2.77. The number of halogens is 1. The largest absolute Gasteiger partial charge is 0.478 e. The molecule has 0 saturated heterocycles. The van der Waals surface area contributed by atoms with Crippen molar-refractivity contribution in [2.24, 2.45) is 0 Å². The third-order valence-electron chi connectivity index (χ3n) is 3.72. The molecule has 0 amide bonds. The first-order chi connectivity index (χ1) is 12.5. The van der Waals surface area contributed by atoms with Crippen LogP contribution in [0.5, 0.6) is 5.75 Å². The number of methoxy groups -OCH3 is 1. The lowest BCUT2D eigenvalue weighted by atomic mass is 10.1. The van der Waals surface area contributed by atoms with Crippen LogP contribution in [0.25, 0.3) is 10.1 Å². The first-order valence-corrected chi connectivity index (χ1v) is 8.53. The van der Waals surface area contributed by atoms with Crippen molar-refractivity contribution < 1.29 is 28.6 Å². The van der Waals surface area contributed by atoms with Gasteiger partial charge in [0.15, 0.2) is 5.75 Å². The molecule has 0 aliphatic carbocycles. The molecule has 1 unspecified atom stereocenters. The minimum Gasteiger partial charge on any atom is -0.478 e. The standard InChI is InChI=1S/C19H15FO5S/c1-24-10-14(19(22)23)25-17-13-4-2-3-5-15(13)26-18(17)16(21)11-6-8-12(20)9-7-11/h2-9,14H,10H2,1H3,(H,22,23). The predicted octanol–water partition coefficient (Wildman–Crippen LogP) is 3.75. The number of benzene rings is 2. The Morgan fingerprint density at radius 1 is 1.15 bits per heavy atom. The van der Waals surface area contributed by atoms with Crippen LogP contribution < -0.4 is 4.74 Å². The fraction of sp³-hybridized carbons (Fsp3) is 0.158. The Morgan fingerprint density at radius 2 is 1.85 bits per heavy atom. The maximum atomic E-state index is 13.1. The van der Waals surface area contributed by atoms with E-state index in [0.717, 1.165) is 4.70 Å². The second-order valence-corrected chi connectivity index (χ2v) is 6.54. The first kappa shape index (κ1) is 18.0. The molecular weight excluding hydrogens is 359 g/mol. The summed E-state index contributed by atoms with van der Waals surface area (Å²) < 4.78 is 24.5. The summed E-state index contributed by atoms with van der Waals surface area (Å²) in [5.74, 6) is -1.80. The fourth-order valence-corrected chi connectivity index (χ4v) is 3.57. The van der Waals surface area contributed by atoms with Crippen molar-refractivity contribution in [2.75, 3.05) is 13.7 Å². The predicted molar refractivity (Wildman–Crippen MR) is 95.6 cm³/mol. The van der Waals surface area contributed by atoms with Crippen LogP contribution in [-0.2, 0) is 9.53 Å². The number of carbonyl (C=O) groups excluding carboxylic acids is 1. The molecule has 0 fully saturated rings. The van der Waals surface area contributed by atoms with Gasteiger partial charge in [0.25, 0.3) is 0 Å². The van der Waals surface area contributed by atoms with Gasteiger partial charge in [-0.05, 0) is 36.4 Å². The summed E-state index contributed by atoms with van der Waals surface area (Å²) in [6.07, 6.45) is -1.25. The molecule has 1 atom stereocenters. The van der Waals surface area contributed by atoms with Gasteiger partial charge in [0.2, 0.25) is 11.9 Å². The Bertz CT molecular complexity index is 948. The lowest BCUT2D eigenvalue weighted by Crippen LogP contribution is -2.32. The van der Waals surface area contributed by atoms with Crippen molar-refractivity contribution in [3.8, 4) is 5.75 Å². The van der Waals surface area contributed by atoms with Gasteiger partial charge in [0.1, 0.15) is 10.7 Å². The average Bonchev–Trinajstić information content (AvgIpc) is 3.00. The summed E-state index contributed by atoms with van der Waals surface area (Å²) in [6.45, 7) is -0.163. The lowest BCUT2D eigenvalue weighted by Gasteiger charge is -2.15. The van der Waals surface area contributed by atoms with Gasteiger partial charge in [0, 0.05) is 22.8 Å².